The van der Waals surface area contributed by atoms with E-state index >= 15 is 0 Å². The molecule has 33 heavy (non-hydrogen) atoms. The smallest absolute Gasteiger partial charge is 0.372 e. The summed E-state index contributed by atoms with van der Waals surface area (Å²) in [6, 6.07) is 5.08. The van der Waals surface area contributed by atoms with Gasteiger partial charge in [-0.1, -0.05) is 0 Å². The first kappa shape index (κ1) is 25.9. The second-order valence-electron chi connectivity index (χ2n) is 6.34. The number of thioether (sulfide) groups is 1. The average molecular weight is 499 g/mol. The molecule has 0 aliphatic rings. The van der Waals surface area contributed by atoms with Crippen molar-refractivity contribution in [1.29, 1.82) is 0 Å². The number of hydrogen-bond acceptors (Lipinski definition) is 7. The summed E-state index contributed by atoms with van der Waals surface area (Å²) in [7, 11) is 0. The summed E-state index contributed by atoms with van der Waals surface area (Å²) in [6.07, 6.45) is -10.8. The van der Waals surface area contributed by atoms with Gasteiger partial charge < -0.3 is 10.4 Å². The Bertz CT molecular complexity index is 1080. The summed E-state index contributed by atoms with van der Waals surface area (Å²) in [5.41, 5.74) is -8.52. The minimum atomic E-state index is -5.57. The Morgan fingerprint density at radius 2 is 1.55 bits per heavy atom. The fraction of sp³-hybridized carbons (Fsp3) is 0.235. The van der Waals surface area contributed by atoms with E-state index in [1.54, 1.807) is 0 Å². The van der Waals surface area contributed by atoms with Crippen LogP contribution in [-0.2, 0) is 11.0 Å². The van der Waals surface area contributed by atoms with E-state index in [1.807, 2.05) is 0 Å². The summed E-state index contributed by atoms with van der Waals surface area (Å²) in [4.78, 5) is 31.5. The Morgan fingerprint density at radius 1 is 0.970 bits per heavy atom. The number of non-ortho nitro benzene ring substituents is 1. The number of nitrogens with zero attached hydrogens (tertiary/aromatic N) is 2. The predicted molar refractivity (Wildman–Crippen MR) is 102 cm³/mol. The molecular weight excluding hydrogens is 488 g/mol. The molecule has 0 saturated carbocycles. The zero-order valence-corrected chi connectivity index (χ0v) is 16.6. The Balaban J connectivity index is 2.30. The maximum atomic E-state index is 13.5. The molecule has 2 rings (SSSR count). The van der Waals surface area contributed by atoms with Crippen LogP contribution in [0.15, 0.2) is 47.4 Å². The lowest BCUT2D eigenvalue weighted by molar-refractivity contribution is -0.388. The number of carbonyl (C=O) groups is 1. The summed E-state index contributed by atoms with van der Waals surface area (Å²) in [6.45, 7) is 0. The number of nitrogens with one attached hydrogen (secondary N) is 1. The SMILES string of the molecule is O=C(Nc1ccc([N+](=O)[O-])c(C(F)(F)F)c1)[C@](O)(CSc1ccc([N+](=O)[O-])cc1)C(F)(F)F. The van der Waals surface area contributed by atoms with Crippen LogP contribution in [0, 0.1) is 20.2 Å². The van der Waals surface area contributed by atoms with E-state index in [2.05, 4.69) is 0 Å². The maximum absolute atomic E-state index is 13.5. The van der Waals surface area contributed by atoms with E-state index in [9.17, 15) is 56.5 Å². The van der Waals surface area contributed by atoms with Gasteiger partial charge in [0.25, 0.3) is 17.3 Å². The largest absolute Gasteiger partial charge is 0.427 e. The quantitative estimate of drug-likeness (QED) is 0.247. The van der Waals surface area contributed by atoms with Crippen molar-refractivity contribution in [2.45, 2.75) is 22.8 Å². The van der Waals surface area contributed by atoms with Crippen molar-refractivity contribution in [3.05, 3.63) is 68.3 Å². The second kappa shape index (κ2) is 9.22. The molecule has 178 valence electrons. The predicted octanol–water partition coefficient (Wildman–Crippen LogP) is 4.55. The molecule has 0 aromatic heterocycles. The molecule has 0 fully saturated rings. The summed E-state index contributed by atoms with van der Waals surface area (Å²) < 4.78 is 79.6. The number of alkyl halides is 6. The minimum absolute atomic E-state index is 0.0192. The lowest BCUT2D eigenvalue weighted by Crippen LogP contribution is -2.56. The third-order valence-corrected chi connectivity index (χ3v) is 5.26. The number of anilines is 1. The first-order chi connectivity index (χ1) is 15.1. The van der Waals surface area contributed by atoms with Gasteiger partial charge in [0.2, 0.25) is 5.60 Å². The van der Waals surface area contributed by atoms with Crippen molar-refractivity contribution >= 4 is 34.7 Å². The molecule has 1 amide bonds. The molecule has 0 spiro atoms. The Morgan fingerprint density at radius 3 is 2.00 bits per heavy atom. The van der Waals surface area contributed by atoms with Crippen LogP contribution >= 0.6 is 11.8 Å². The van der Waals surface area contributed by atoms with Gasteiger partial charge in [0, 0.05) is 34.5 Å². The third kappa shape index (κ3) is 5.89. The van der Waals surface area contributed by atoms with E-state index in [1.165, 1.54) is 5.32 Å². The lowest BCUT2D eigenvalue weighted by Gasteiger charge is -2.29. The number of aliphatic hydroxyl groups is 1. The van der Waals surface area contributed by atoms with Gasteiger partial charge in [-0.3, -0.25) is 25.0 Å². The average Bonchev–Trinajstić information content (AvgIpc) is 2.70. The van der Waals surface area contributed by atoms with Crippen LogP contribution < -0.4 is 5.32 Å². The van der Waals surface area contributed by atoms with Crippen LogP contribution in [0.2, 0.25) is 0 Å². The molecule has 0 unspecified atom stereocenters. The van der Waals surface area contributed by atoms with E-state index in [4.69, 9.17) is 0 Å². The zero-order valence-electron chi connectivity index (χ0n) is 15.8. The molecule has 2 N–H and O–H groups in total. The molecule has 2 aromatic rings. The number of hydrogen-bond donors (Lipinski definition) is 2. The van der Waals surface area contributed by atoms with Crippen molar-refractivity contribution in [2.75, 3.05) is 11.1 Å². The fourth-order valence-electron chi connectivity index (χ4n) is 2.36. The Labute approximate surface area is 183 Å². The fourth-order valence-corrected chi connectivity index (χ4v) is 3.36. The third-order valence-electron chi connectivity index (χ3n) is 4.10. The number of benzene rings is 2. The Hall–Kier alpha value is -3.40. The van der Waals surface area contributed by atoms with Crippen molar-refractivity contribution in [3.8, 4) is 0 Å². The first-order valence-electron chi connectivity index (χ1n) is 8.39. The lowest BCUT2D eigenvalue weighted by atomic mass is 10.0. The van der Waals surface area contributed by atoms with Crippen LogP contribution in [0.3, 0.4) is 0 Å². The topological polar surface area (TPSA) is 136 Å². The van der Waals surface area contributed by atoms with Crippen LogP contribution in [0.4, 0.5) is 43.4 Å². The van der Waals surface area contributed by atoms with Crippen LogP contribution in [0.25, 0.3) is 0 Å². The van der Waals surface area contributed by atoms with Crippen molar-refractivity contribution in [2.24, 2.45) is 0 Å². The molecule has 0 aliphatic carbocycles. The molecule has 0 saturated heterocycles. The highest BCUT2D eigenvalue weighted by Crippen LogP contribution is 2.39. The monoisotopic (exact) mass is 499 g/mol. The highest BCUT2D eigenvalue weighted by Gasteiger charge is 2.59. The highest BCUT2D eigenvalue weighted by molar-refractivity contribution is 7.99. The second-order valence-corrected chi connectivity index (χ2v) is 7.39. The van der Waals surface area contributed by atoms with E-state index < -0.39 is 56.4 Å². The van der Waals surface area contributed by atoms with Crippen molar-refractivity contribution < 1.29 is 46.1 Å². The number of halogens is 6. The molecule has 0 aliphatic heterocycles. The zero-order chi connectivity index (χ0) is 25.2. The first-order valence-corrected chi connectivity index (χ1v) is 9.38. The van der Waals surface area contributed by atoms with E-state index in [0.29, 0.717) is 23.9 Å². The summed E-state index contributed by atoms with van der Waals surface area (Å²) >= 11 is 0.305. The summed E-state index contributed by atoms with van der Waals surface area (Å²) in [5.74, 6) is -3.48. The van der Waals surface area contributed by atoms with E-state index in [0.717, 1.165) is 24.3 Å². The van der Waals surface area contributed by atoms with Gasteiger partial charge in [0.05, 0.1) is 9.85 Å². The van der Waals surface area contributed by atoms with Gasteiger partial charge in [-0.05, 0) is 24.3 Å². The maximum Gasteiger partial charge on any atom is 0.427 e. The van der Waals surface area contributed by atoms with Gasteiger partial charge in [0.1, 0.15) is 5.56 Å². The van der Waals surface area contributed by atoms with Gasteiger partial charge in [0.15, 0.2) is 0 Å². The number of carbonyl (C=O) groups excluding carboxylic acids is 1. The molecular formula is C17H11F6N3O6S. The van der Waals surface area contributed by atoms with Crippen LogP contribution in [0.5, 0.6) is 0 Å². The minimum Gasteiger partial charge on any atom is -0.372 e. The molecule has 0 heterocycles. The van der Waals surface area contributed by atoms with Crippen LogP contribution in [-0.4, -0.2) is 38.4 Å². The van der Waals surface area contributed by atoms with Gasteiger partial charge in [-0.15, -0.1) is 11.8 Å². The van der Waals surface area contributed by atoms with Gasteiger partial charge in [-0.25, -0.2) is 0 Å². The van der Waals surface area contributed by atoms with Crippen LogP contribution in [0.1, 0.15) is 5.56 Å². The number of amides is 1. The highest BCUT2D eigenvalue weighted by atomic mass is 32.2. The molecule has 0 bridgehead atoms. The Kier molecular flexibility index (Phi) is 7.23. The summed E-state index contributed by atoms with van der Waals surface area (Å²) in [5, 5.41) is 32.9. The van der Waals surface area contributed by atoms with Gasteiger partial charge >= 0.3 is 12.4 Å². The number of nitro groups is 2. The van der Waals surface area contributed by atoms with Gasteiger partial charge in [-0.2, -0.15) is 26.3 Å². The number of nitro benzene ring substituents is 2. The van der Waals surface area contributed by atoms with Crippen molar-refractivity contribution in [1.82, 2.24) is 0 Å². The standard InChI is InChI=1S/C17H11F6N3O6S/c18-16(19,20)12-7-9(1-6-13(12)26(31)32)24-14(27)15(28,17(21,22)23)8-33-11-4-2-10(3-5-11)25(29)30/h1-7,28H,8H2,(H,24,27)/t15-/m1/s1. The number of rotatable bonds is 7. The molecule has 16 heteroatoms. The molecule has 1 atom stereocenters. The molecule has 2 aromatic carbocycles. The normalized spacial score (nSPS) is 13.8. The van der Waals surface area contributed by atoms with Crippen molar-refractivity contribution in [3.63, 3.8) is 0 Å². The van der Waals surface area contributed by atoms with E-state index in [-0.39, 0.29) is 16.6 Å². The molecule has 0 radical (unpaired) electrons. The molecule has 9 nitrogen and oxygen atoms in total.